The van der Waals surface area contributed by atoms with Crippen LogP contribution in [0.4, 0.5) is 0 Å². The van der Waals surface area contributed by atoms with Gasteiger partial charge in [-0.05, 0) is 42.2 Å². The Kier molecular flexibility index (Phi) is 5.70. The second kappa shape index (κ2) is 7.99. The Balaban J connectivity index is 1.73. The first-order chi connectivity index (χ1) is 12.5. The summed E-state index contributed by atoms with van der Waals surface area (Å²) >= 11 is 0. The van der Waals surface area contributed by atoms with Crippen molar-refractivity contribution in [3.8, 4) is 0 Å². The fourth-order valence-corrected chi connectivity index (χ4v) is 4.17. The van der Waals surface area contributed by atoms with Gasteiger partial charge >= 0.3 is 0 Å². The minimum atomic E-state index is -3.67. The van der Waals surface area contributed by atoms with Gasteiger partial charge in [0.2, 0.25) is 10.0 Å². The summed E-state index contributed by atoms with van der Waals surface area (Å²) in [6.45, 7) is 0.453. The van der Waals surface area contributed by atoms with Gasteiger partial charge in [0.05, 0.1) is 17.5 Å². The van der Waals surface area contributed by atoms with Crippen LogP contribution in [0.3, 0.4) is 0 Å². The first kappa shape index (κ1) is 18.6. The van der Waals surface area contributed by atoms with Gasteiger partial charge in [-0.2, -0.15) is 0 Å². The van der Waals surface area contributed by atoms with Gasteiger partial charge in [0.15, 0.2) is 0 Å². The van der Waals surface area contributed by atoms with E-state index in [-0.39, 0.29) is 30.0 Å². The molecule has 0 radical (unpaired) electrons. The molecule has 0 bridgehead atoms. The number of ether oxygens (including phenoxy) is 1. The number of sulfonamides is 1. The minimum absolute atomic E-state index is 0.0428. The van der Waals surface area contributed by atoms with E-state index in [0.717, 1.165) is 18.4 Å². The molecule has 0 spiro atoms. The maximum absolute atomic E-state index is 12.6. The Labute approximate surface area is 153 Å². The molecule has 2 N–H and O–H groups in total. The summed E-state index contributed by atoms with van der Waals surface area (Å²) in [4.78, 5) is 12.7. The van der Waals surface area contributed by atoms with E-state index in [0.29, 0.717) is 5.56 Å². The van der Waals surface area contributed by atoms with Crippen LogP contribution in [-0.2, 0) is 21.2 Å². The Morgan fingerprint density at radius 3 is 2.81 bits per heavy atom. The predicted octanol–water partition coefficient (Wildman–Crippen LogP) is 2.03. The summed E-state index contributed by atoms with van der Waals surface area (Å²) < 4.78 is 31.9. The highest BCUT2D eigenvalue weighted by atomic mass is 32.2. The first-order valence-electron chi connectivity index (χ1n) is 8.48. The summed E-state index contributed by atoms with van der Waals surface area (Å²) in [5, 5.41) is 3.01. The van der Waals surface area contributed by atoms with Crippen molar-refractivity contribution in [2.24, 2.45) is 0 Å². The molecule has 0 fully saturated rings. The molecule has 0 heterocycles. The number of benzene rings is 2. The maximum atomic E-state index is 12.6. The van der Waals surface area contributed by atoms with Crippen molar-refractivity contribution in [2.45, 2.75) is 23.8 Å². The van der Waals surface area contributed by atoms with Gasteiger partial charge in [0, 0.05) is 19.2 Å². The molecule has 1 amide bonds. The van der Waals surface area contributed by atoms with Crippen LogP contribution in [0.1, 0.15) is 33.9 Å². The minimum Gasteiger partial charge on any atom is -0.383 e. The van der Waals surface area contributed by atoms with Gasteiger partial charge in [-0.3, -0.25) is 4.79 Å². The quantitative estimate of drug-likeness (QED) is 0.727. The molecule has 2 aromatic rings. The van der Waals surface area contributed by atoms with E-state index in [9.17, 15) is 13.2 Å². The van der Waals surface area contributed by atoms with Gasteiger partial charge in [-0.25, -0.2) is 13.1 Å². The van der Waals surface area contributed by atoms with Crippen molar-refractivity contribution in [3.63, 3.8) is 0 Å². The number of rotatable bonds is 7. The predicted molar refractivity (Wildman–Crippen MR) is 98.5 cm³/mol. The third-order valence-electron chi connectivity index (χ3n) is 4.44. The third kappa shape index (κ3) is 4.12. The highest BCUT2D eigenvalue weighted by Gasteiger charge is 2.24. The summed E-state index contributed by atoms with van der Waals surface area (Å²) in [5.74, 6) is -0.277. The van der Waals surface area contributed by atoms with Crippen LogP contribution in [0.15, 0.2) is 53.4 Å². The molecule has 1 unspecified atom stereocenters. The zero-order valence-electron chi connectivity index (χ0n) is 14.6. The smallest absolute Gasteiger partial charge is 0.251 e. The molecule has 138 valence electrons. The lowest BCUT2D eigenvalue weighted by Gasteiger charge is -2.14. The molecule has 0 aromatic heterocycles. The van der Waals surface area contributed by atoms with E-state index in [2.05, 4.69) is 16.1 Å². The summed E-state index contributed by atoms with van der Waals surface area (Å²) in [6.07, 6.45) is 1.78. The molecular weight excluding hydrogens is 352 g/mol. The molecule has 0 aliphatic heterocycles. The van der Waals surface area contributed by atoms with Crippen LogP contribution in [0.25, 0.3) is 0 Å². The highest BCUT2D eigenvalue weighted by molar-refractivity contribution is 7.89. The van der Waals surface area contributed by atoms with Crippen LogP contribution in [-0.4, -0.2) is 34.6 Å². The standard InChI is InChI=1S/C19H22N2O4S/c1-25-12-11-20-26(23,24)16-7-4-6-15(13-16)19(22)21-18-10-9-14-5-2-3-8-17(14)18/h2-8,13,18,20H,9-12H2,1H3,(H,21,22). The topological polar surface area (TPSA) is 84.5 Å². The van der Waals surface area contributed by atoms with Crippen LogP contribution in [0, 0.1) is 0 Å². The molecule has 1 aliphatic rings. The normalized spacial score (nSPS) is 16.3. The molecule has 0 saturated heterocycles. The highest BCUT2D eigenvalue weighted by Crippen LogP contribution is 2.30. The first-order valence-corrected chi connectivity index (χ1v) is 9.97. The zero-order chi connectivity index (χ0) is 18.6. The lowest BCUT2D eigenvalue weighted by atomic mass is 10.1. The monoisotopic (exact) mass is 374 g/mol. The van der Waals surface area contributed by atoms with Crippen molar-refractivity contribution in [1.29, 1.82) is 0 Å². The van der Waals surface area contributed by atoms with Gasteiger partial charge < -0.3 is 10.1 Å². The number of fused-ring (bicyclic) bond motifs is 1. The van der Waals surface area contributed by atoms with E-state index < -0.39 is 10.0 Å². The molecule has 1 atom stereocenters. The van der Waals surface area contributed by atoms with Gasteiger partial charge in [-0.1, -0.05) is 30.3 Å². The zero-order valence-corrected chi connectivity index (χ0v) is 15.4. The Bertz CT molecular complexity index is 896. The molecule has 7 heteroatoms. The van der Waals surface area contributed by atoms with Crippen molar-refractivity contribution < 1.29 is 17.9 Å². The van der Waals surface area contributed by atoms with Crippen molar-refractivity contribution in [2.75, 3.05) is 20.3 Å². The molecule has 0 saturated carbocycles. The van der Waals surface area contributed by atoms with E-state index in [4.69, 9.17) is 4.74 Å². The van der Waals surface area contributed by atoms with Crippen LogP contribution in [0.5, 0.6) is 0 Å². The van der Waals surface area contributed by atoms with Crippen molar-refractivity contribution in [3.05, 3.63) is 65.2 Å². The molecule has 2 aromatic carbocycles. The largest absolute Gasteiger partial charge is 0.383 e. The van der Waals surface area contributed by atoms with Crippen LogP contribution in [0.2, 0.25) is 0 Å². The summed E-state index contributed by atoms with van der Waals surface area (Å²) in [6, 6.07) is 14.1. The summed E-state index contributed by atoms with van der Waals surface area (Å²) in [7, 11) is -2.17. The molecule has 3 rings (SSSR count). The van der Waals surface area contributed by atoms with Gasteiger partial charge in [-0.15, -0.1) is 0 Å². The van der Waals surface area contributed by atoms with E-state index in [1.807, 2.05) is 18.2 Å². The number of amides is 1. The SMILES string of the molecule is COCCNS(=O)(=O)c1cccc(C(=O)NC2CCc3ccccc32)c1. The van der Waals surface area contributed by atoms with Crippen molar-refractivity contribution in [1.82, 2.24) is 10.0 Å². The summed E-state index contributed by atoms with van der Waals surface area (Å²) in [5.41, 5.74) is 2.70. The molecular formula is C19H22N2O4S. The Morgan fingerprint density at radius 1 is 1.19 bits per heavy atom. The number of methoxy groups -OCH3 is 1. The lowest BCUT2D eigenvalue weighted by Crippen LogP contribution is -2.29. The second-order valence-corrected chi connectivity index (χ2v) is 7.95. The number of hydrogen-bond donors (Lipinski definition) is 2. The average molecular weight is 374 g/mol. The fourth-order valence-electron chi connectivity index (χ4n) is 3.11. The number of aryl methyl sites for hydroxylation is 1. The van der Waals surface area contributed by atoms with Crippen LogP contribution < -0.4 is 10.0 Å². The Morgan fingerprint density at radius 2 is 2.00 bits per heavy atom. The molecule has 6 nitrogen and oxygen atoms in total. The van der Waals surface area contributed by atoms with E-state index >= 15 is 0 Å². The fraction of sp³-hybridized carbons (Fsp3) is 0.316. The Hall–Kier alpha value is -2.22. The van der Waals surface area contributed by atoms with E-state index in [1.165, 1.54) is 24.8 Å². The number of carbonyl (C=O) groups excluding carboxylic acids is 1. The average Bonchev–Trinajstić information content (AvgIpc) is 3.05. The lowest BCUT2D eigenvalue weighted by molar-refractivity contribution is 0.0936. The van der Waals surface area contributed by atoms with Gasteiger partial charge in [0.25, 0.3) is 5.91 Å². The second-order valence-electron chi connectivity index (χ2n) is 6.18. The number of carbonyl (C=O) groups is 1. The number of nitrogens with one attached hydrogen (secondary N) is 2. The van der Waals surface area contributed by atoms with Crippen molar-refractivity contribution >= 4 is 15.9 Å². The number of hydrogen-bond acceptors (Lipinski definition) is 4. The van der Waals surface area contributed by atoms with Gasteiger partial charge in [0.1, 0.15) is 0 Å². The maximum Gasteiger partial charge on any atom is 0.251 e. The van der Waals surface area contributed by atoms with E-state index in [1.54, 1.807) is 12.1 Å². The molecule has 1 aliphatic carbocycles. The molecule has 26 heavy (non-hydrogen) atoms. The third-order valence-corrected chi connectivity index (χ3v) is 5.90. The van der Waals surface area contributed by atoms with Crippen LogP contribution >= 0.6 is 0 Å².